The number of carbonyl (C=O) groups is 2. The summed E-state index contributed by atoms with van der Waals surface area (Å²) in [7, 11) is 7.63. The van der Waals surface area contributed by atoms with Gasteiger partial charge in [0.05, 0.1) is 59.7 Å². The molecule has 119 heavy (non-hydrogen) atoms. The Morgan fingerprint density at radius 2 is 0.941 bits per heavy atom. The van der Waals surface area contributed by atoms with Crippen LogP contribution in [0, 0.1) is 42.5 Å². The maximum absolute atomic E-state index is 12.2. The molecule has 0 radical (unpaired) electrons. The fourth-order valence-corrected chi connectivity index (χ4v) is 15.2. The number of hydrogen-bond acceptors (Lipinski definition) is 22. The summed E-state index contributed by atoms with van der Waals surface area (Å²) in [6.07, 6.45) is 23.9. The summed E-state index contributed by atoms with van der Waals surface area (Å²) in [6.45, 7) is 27.4. The number of aryl methyl sites for hydroxylation is 4. The number of nitrogens with zero attached hydrogens (tertiary/aromatic N) is 9. The van der Waals surface area contributed by atoms with E-state index >= 15 is 0 Å². The van der Waals surface area contributed by atoms with Gasteiger partial charge < -0.3 is 94.0 Å². The van der Waals surface area contributed by atoms with E-state index in [9.17, 15) is 9.59 Å². The molecule has 6 N–H and O–H groups in total. The van der Waals surface area contributed by atoms with Crippen molar-refractivity contribution >= 4 is 242 Å². The Morgan fingerprint density at radius 1 is 0.571 bits per heavy atom. The molecule has 7 aliphatic rings. The summed E-state index contributed by atoms with van der Waals surface area (Å²) in [5.74, 6) is 3.01. The van der Waals surface area contributed by atoms with Crippen LogP contribution in [-0.2, 0) is 42.8 Å². The van der Waals surface area contributed by atoms with Gasteiger partial charge in [-0.05, 0) is 181 Å². The van der Waals surface area contributed by atoms with Crippen molar-refractivity contribution in [3.8, 4) is 22.9 Å². The number of benzene rings is 2. The third-order valence-corrected chi connectivity index (χ3v) is 20.8. The first-order chi connectivity index (χ1) is 55.6. The molecule has 36 heteroatoms. The van der Waals surface area contributed by atoms with E-state index in [-0.39, 0.29) is 56.3 Å². The molecular formula is C83H133ClI9N14O10V2-2. The van der Waals surface area contributed by atoms with Crippen LogP contribution in [-0.4, -0.2) is 215 Å². The molecule has 4 saturated heterocycles. The summed E-state index contributed by atoms with van der Waals surface area (Å²) < 4.78 is 45.8. The van der Waals surface area contributed by atoms with E-state index < -0.39 is 11.2 Å². The molecule has 0 unspecified atom stereocenters. The quantitative estimate of drug-likeness (QED) is 0.0311. The van der Waals surface area contributed by atoms with Crippen LogP contribution in [0.15, 0.2) is 57.6 Å². The van der Waals surface area contributed by atoms with E-state index in [0.29, 0.717) is 99.6 Å². The van der Waals surface area contributed by atoms with Gasteiger partial charge in [-0.3, -0.25) is 0 Å². The zero-order chi connectivity index (χ0) is 86.4. The number of ether oxygens (including phenoxy) is 6. The van der Waals surface area contributed by atoms with E-state index in [1.165, 1.54) is 118 Å². The van der Waals surface area contributed by atoms with Crippen LogP contribution in [0.5, 0.6) is 0 Å². The molecule has 8 atom stereocenters. The standard InChI is InChI=1S/C25H33N5O2.C17H32N2O3.C13H10ClN3O.C12H24N2O.C11H22N2O3.C2H5I.CHI3.2CH3.5HI.2V/c1-16-9-10-21-18(13-16)14-20(25-26-17(2)29-32-25)24(28-21)30-12-11-22(23(15-30)31-3)27-19-7-5-4-6-8-19;1-17(2,3)22-16(20)19-11-10-14(15(12-19)21-4)18-13-8-6-5-7-9-13;1-7-3-4-11-9(5-7)6-10(12(14)16-11)13-15-8(2)17-18-13;1-15-12-9-13-8-7-11(12)14-10-5-3-2-4-6-10;1-11(2,3)16-10(14)13-6-5-8(12)9(7-13)15-4;1-2-3;2-1(3)4;;;;;;;;;/h9-10,13-14,19,22-23,27H,4-8,11-12,15H2,1-3H3;13-15,18H,5-12H2,1-4H3;3-6H,1-2H3;10-14H,2-9H2,1H3;8-9H,5-7,12H2,1-4H3;2H2,1H3;1H;2*1H3;5*1H;;/q;;;;;;;2*-1;;;;;;+2;+3/p-5/t22-,23+;14-,15+;;11-,12+;8-,9+;;;;;;;;;;;/m11.11.........../s1. The van der Waals surface area contributed by atoms with Gasteiger partial charge in [0.1, 0.15) is 22.1 Å². The predicted molar refractivity (Wildman–Crippen MR) is 559 cm³/mol. The fraction of sp³-hybridized carbons (Fsp3) is 0.687. The number of nitrogens with two attached hydrogens (primary N) is 1. The van der Waals surface area contributed by atoms with Crippen molar-refractivity contribution in [3.63, 3.8) is 0 Å². The van der Waals surface area contributed by atoms with Crippen LogP contribution in [0.3, 0.4) is 0 Å². The number of nitrogens with one attached hydrogen (secondary N) is 4. The number of piperidine rings is 4. The number of carbonyl (C=O) groups excluding carboxylic acids is 2. The van der Waals surface area contributed by atoms with Gasteiger partial charge >= 0.3 is 126 Å². The summed E-state index contributed by atoms with van der Waals surface area (Å²) in [6, 6.07) is 19.7. The van der Waals surface area contributed by atoms with Crippen LogP contribution in [0.2, 0.25) is 5.15 Å². The van der Waals surface area contributed by atoms with Crippen molar-refractivity contribution in [1.82, 2.24) is 61.3 Å². The second-order valence-electron chi connectivity index (χ2n) is 31.9. The number of halogens is 10. The summed E-state index contributed by atoms with van der Waals surface area (Å²) >= 11 is 27.5. The number of amides is 2. The number of anilines is 1. The second kappa shape index (κ2) is 62.1. The number of aromatic nitrogens is 6. The van der Waals surface area contributed by atoms with Crippen molar-refractivity contribution in [2.45, 2.75) is 276 Å². The van der Waals surface area contributed by atoms with Crippen LogP contribution >= 0.6 is 202 Å². The molecule has 13 rings (SSSR count). The molecule has 677 valence electrons. The Balaban J connectivity index is 0.000000377. The SMILES string of the molecule is CCI.CO[C@H]1CN(C(=O)OC(C)(C)C)CC[C@H]1N.CO[C@H]1CN(C(=O)OC(C)(C)C)CC[C@H]1NC1CCCCC1.CO[C@H]1CN(c2nc3ccc(C)cc3cc2-c2nc(C)no2)CC[C@H]1NC1CCCCC1.CO[C@H]1CNCC[C@H]1NC1CCCCC1.Cc1ccc2nc(Cl)c(-c3nc(C)no3)cc2c1.IC(I)I.[CH3-].[CH3-].[I][V]([I])[I].[I][V][I]. The van der Waals surface area contributed by atoms with Gasteiger partial charge in [0.2, 0.25) is 0 Å². The van der Waals surface area contributed by atoms with Gasteiger partial charge in [-0.2, -0.15) is 9.97 Å². The first-order valence-corrected chi connectivity index (χ1v) is 68.7. The minimum atomic E-state index is -0.459. The Morgan fingerprint density at radius 3 is 1.34 bits per heavy atom. The first kappa shape index (κ1) is 115. The van der Waals surface area contributed by atoms with E-state index in [0.717, 1.165) is 91.2 Å². The number of methoxy groups -OCH3 is 4. The van der Waals surface area contributed by atoms with E-state index in [2.05, 4.69) is 280 Å². The van der Waals surface area contributed by atoms with E-state index in [1.807, 2.05) is 93.9 Å². The van der Waals surface area contributed by atoms with Crippen molar-refractivity contribution in [3.05, 3.63) is 91.3 Å². The molecule has 0 bridgehead atoms. The average Bonchev–Trinajstić information content (AvgIpc) is 1.76. The second-order valence-corrected chi connectivity index (χ2v) is 91.8. The average molecular weight is 2770 g/mol. The molecule has 4 aromatic heterocycles. The summed E-state index contributed by atoms with van der Waals surface area (Å²) in [4.78, 5) is 47.5. The number of likely N-dealkylation sites (tertiary alicyclic amines) is 2. The zero-order valence-corrected chi connectivity index (χ0v) is 95.7. The molecule has 6 aromatic rings. The molecule has 8 heterocycles. The number of fused-ring (bicyclic) bond motifs is 2. The Hall–Kier alpha value is 1.55. The van der Waals surface area contributed by atoms with Gasteiger partial charge in [-0.15, -0.1) is 0 Å². The Kier molecular flexibility index (Phi) is 59.8. The van der Waals surface area contributed by atoms with Crippen LogP contribution in [0.4, 0.5) is 15.4 Å². The molecule has 3 aliphatic carbocycles. The molecular weight excluding hydrogens is 2630 g/mol. The molecule has 24 nitrogen and oxygen atoms in total. The fourth-order valence-electron chi connectivity index (χ4n) is 15.0. The maximum atomic E-state index is 12.2. The van der Waals surface area contributed by atoms with Gasteiger partial charge in [0.15, 0.2) is 11.6 Å². The minimum absolute atomic E-state index is 0. The van der Waals surface area contributed by atoms with E-state index in [1.54, 1.807) is 30.9 Å². The van der Waals surface area contributed by atoms with E-state index in [4.69, 9.17) is 59.8 Å². The van der Waals surface area contributed by atoms with Crippen LogP contribution in [0.1, 0.15) is 193 Å². The molecule has 2 aromatic carbocycles. The van der Waals surface area contributed by atoms with Crippen molar-refractivity contribution in [2.75, 3.05) is 90.1 Å². The molecule has 2 amide bonds. The topological polar surface area (TPSA) is 277 Å². The molecule has 7 fully saturated rings. The van der Waals surface area contributed by atoms with Crippen molar-refractivity contribution < 1.29 is 61.4 Å². The predicted octanol–water partition coefficient (Wildman–Crippen LogP) is 22.5. The van der Waals surface area contributed by atoms with Crippen molar-refractivity contribution in [2.24, 2.45) is 5.73 Å². The Labute approximate surface area is 838 Å². The monoisotopic (exact) mass is 2770 g/mol. The third kappa shape index (κ3) is 44.1. The Bertz CT molecular complexity index is 3780. The molecule has 4 aliphatic heterocycles. The molecule has 3 saturated carbocycles. The number of hydrogen-bond donors (Lipinski definition) is 5. The van der Waals surface area contributed by atoms with Gasteiger partial charge in [-0.25, -0.2) is 19.6 Å². The zero-order valence-electron chi connectivity index (χ0n) is 72.7. The number of alkyl halides is 4. The van der Waals surface area contributed by atoms with Crippen LogP contribution in [0.25, 0.3) is 44.7 Å². The number of pyridine rings is 2. The normalized spacial score (nSPS) is 21.6. The third-order valence-electron chi connectivity index (χ3n) is 20.5. The summed E-state index contributed by atoms with van der Waals surface area (Å²) in [5, 5.41) is 25.1. The summed E-state index contributed by atoms with van der Waals surface area (Å²) in [5.41, 5.74) is 10.7. The van der Waals surface area contributed by atoms with Gasteiger partial charge in [-0.1, -0.05) is 200 Å². The van der Waals surface area contributed by atoms with Crippen LogP contribution < -0.4 is 31.9 Å². The first-order valence-electron chi connectivity index (χ1n) is 40.5. The van der Waals surface area contributed by atoms with Crippen molar-refractivity contribution in [1.29, 1.82) is 0 Å². The number of rotatable bonds is 13. The molecule has 0 spiro atoms. The van der Waals surface area contributed by atoms with Gasteiger partial charge in [0.25, 0.3) is 11.8 Å². The van der Waals surface area contributed by atoms with Gasteiger partial charge in [0, 0.05) is 114 Å².